The van der Waals surface area contributed by atoms with Crippen molar-refractivity contribution in [2.45, 2.75) is 6.54 Å². The van der Waals surface area contributed by atoms with Crippen LogP contribution >= 0.6 is 15.9 Å². The van der Waals surface area contributed by atoms with Crippen molar-refractivity contribution < 1.29 is 0 Å². The number of halogens is 1. The van der Waals surface area contributed by atoms with Gasteiger partial charge in [-0.25, -0.2) is 0 Å². The number of aromatic amines is 1. The molecule has 1 aromatic heterocycles. The van der Waals surface area contributed by atoms with E-state index in [0.29, 0.717) is 0 Å². The van der Waals surface area contributed by atoms with Crippen molar-refractivity contribution in [1.29, 1.82) is 0 Å². The van der Waals surface area contributed by atoms with Crippen LogP contribution in [-0.2, 0) is 6.54 Å². The fourth-order valence-corrected chi connectivity index (χ4v) is 2.84. The molecule has 2 nitrogen and oxygen atoms in total. The maximum Gasteiger partial charge on any atom is 0.0499 e. The summed E-state index contributed by atoms with van der Waals surface area (Å²) < 4.78 is 1.11. The first-order valence-corrected chi connectivity index (χ1v) is 8.17. The van der Waals surface area contributed by atoms with Gasteiger partial charge in [0.2, 0.25) is 0 Å². The predicted molar refractivity (Wildman–Crippen MR) is 97.8 cm³/mol. The summed E-state index contributed by atoms with van der Waals surface area (Å²) in [7, 11) is 2.15. The van der Waals surface area contributed by atoms with E-state index in [-0.39, 0.29) is 0 Å². The number of rotatable bonds is 5. The zero-order valence-corrected chi connectivity index (χ0v) is 14.2. The van der Waals surface area contributed by atoms with Crippen LogP contribution in [0.4, 0.5) is 0 Å². The van der Waals surface area contributed by atoms with Crippen molar-refractivity contribution in [1.82, 2.24) is 9.88 Å². The first-order valence-electron chi connectivity index (χ1n) is 7.38. The Morgan fingerprint density at radius 2 is 1.91 bits per heavy atom. The van der Waals surface area contributed by atoms with Gasteiger partial charge in [0.1, 0.15) is 0 Å². The van der Waals surface area contributed by atoms with Crippen molar-refractivity contribution in [3.63, 3.8) is 0 Å². The number of aromatic nitrogens is 1. The normalized spacial score (nSPS) is 11.8. The highest BCUT2D eigenvalue weighted by Crippen LogP contribution is 2.18. The van der Waals surface area contributed by atoms with Crippen LogP contribution in [0.5, 0.6) is 0 Å². The monoisotopic (exact) mass is 354 g/mol. The zero-order valence-electron chi connectivity index (χ0n) is 12.6. The van der Waals surface area contributed by atoms with Gasteiger partial charge in [-0.15, -0.1) is 0 Å². The SMILES string of the molecule is CN(C/C=C/c1ccc(Br)cc1)Cc1cccc2cc[nH]c12. The molecule has 0 radical (unpaired) electrons. The number of likely N-dealkylation sites (N-methyl/N-ethyl adjacent to an activating group) is 1. The molecule has 0 aliphatic rings. The van der Waals surface area contributed by atoms with Crippen LogP contribution in [0.3, 0.4) is 0 Å². The molecule has 0 fully saturated rings. The minimum atomic E-state index is 0.924. The molecule has 112 valence electrons. The number of fused-ring (bicyclic) bond motifs is 1. The van der Waals surface area contributed by atoms with Gasteiger partial charge in [-0.05, 0) is 41.8 Å². The second-order valence-electron chi connectivity index (χ2n) is 5.51. The minimum Gasteiger partial charge on any atom is -0.361 e. The van der Waals surface area contributed by atoms with Gasteiger partial charge in [0.25, 0.3) is 0 Å². The molecule has 0 aliphatic heterocycles. The molecular formula is C19H19BrN2. The van der Waals surface area contributed by atoms with E-state index in [2.05, 4.69) is 93.5 Å². The molecule has 0 saturated heterocycles. The first-order chi connectivity index (χ1) is 10.7. The van der Waals surface area contributed by atoms with E-state index < -0.39 is 0 Å². The van der Waals surface area contributed by atoms with Crippen molar-refractivity contribution in [2.24, 2.45) is 0 Å². The Kier molecular flexibility index (Phi) is 4.76. The average Bonchev–Trinajstić information content (AvgIpc) is 2.99. The highest BCUT2D eigenvalue weighted by Gasteiger charge is 2.04. The highest BCUT2D eigenvalue weighted by molar-refractivity contribution is 9.10. The third-order valence-electron chi connectivity index (χ3n) is 3.71. The summed E-state index contributed by atoms with van der Waals surface area (Å²) in [6.45, 7) is 1.86. The molecule has 0 bridgehead atoms. The van der Waals surface area contributed by atoms with Crippen LogP contribution in [0, 0.1) is 0 Å². The molecule has 1 N–H and O–H groups in total. The Morgan fingerprint density at radius 3 is 2.73 bits per heavy atom. The van der Waals surface area contributed by atoms with Gasteiger partial charge in [0, 0.05) is 29.3 Å². The second-order valence-corrected chi connectivity index (χ2v) is 6.43. The number of para-hydroxylation sites is 1. The Morgan fingerprint density at radius 1 is 1.09 bits per heavy atom. The lowest BCUT2D eigenvalue weighted by Crippen LogP contribution is -2.17. The molecule has 0 unspecified atom stereocenters. The molecule has 0 spiro atoms. The van der Waals surface area contributed by atoms with Gasteiger partial charge < -0.3 is 4.98 Å². The molecule has 3 heteroatoms. The molecule has 3 rings (SSSR count). The summed E-state index contributed by atoms with van der Waals surface area (Å²) in [6, 6.07) is 16.9. The number of H-pyrrole nitrogens is 1. The number of hydrogen-bond acceptors (Lipinski definition) is 1. The van der Waals surface area contributed by atoms with Crippen molar-refractivity contribution >= 4 is 32.9 Å². The maximum atomic E-state index is 3.46. The molecule has 0 atom stereocenters. The Labute approximate surface area is 139 Å². The predicted octanol–water partition coefficient (Wildman–Crippen LogP) is 5.08. The Bertz CT molecular complexity index is 771. The topological polar surface area (TPSA) is 19.0 Å². The summed E-state index contributed by atoms with van der Waals surface area (Å²) in [4.78, 5) is 5.64. The van der Waals surface area contributed by atoms with Crippen LogP contribution in [0.15, 0.2) is 65.3 Å². The molecule has 1 heterocycles. The van der Waals surface area contributed by atoms with E-state index >= 15 is 0 Å². The van der Waals surface area contributed by atoms with Gasteiger partial charge >= 0.3 is 0 Å². The lowest BCUT2D eigenvalue weighted by atomic mass is 10.1. The summed E-state index contributed by atoms with van der Waals surface area (Å²) in [5.74, 6) is 0. The summed E-state index contributed by atoms with van der Waals surface area (Å²) in [5, 5.41) is 1.27. The number of hydrogen-bond donors (Lipinski definition) is 1. The van der Waals surface area contributed by atoms with Crippen LogP contribution in [0.25, 0.3) is 17.0 Å². The summed E-state index contributed by atoms with van der Waals surface area (Å²) in [6.07, 6.45) is 6.37. The third kappa shape index (κ3) is 3.67. The largest absolute Gasteiger partial charge is 0.361 e. The van der Waals surface area contributed by atoms with Gasteiger partial charge in [-0.1, -0.05) is 58.4 Å². The van der Waals surface area contributed by atoms with Gasteiger partial charge in [0.15, 0.2) is 0 Å². The minimum absolute atomic E-state index is 0.924. The lowest BCUT2D eigenvalue weighted by molar-refractivity contribution is 0.365. The summed E-state index contributed by atoms with van der Waals surface area (Å²) >= 11 is 3.46. The van der Waals surface area contributed by atoms with E-state index in [1.807, 2.05) is 6.20 Å². The number of nitrogens with one attached hydrogen (secondary N) is 1. The van der Waals surface area contributed by atoms with E-state index in [1.165, 1.54) is 22.0 Å². The van der Waals surface area contributed by atoms with Crippen LogP contribution < -0.4 is 0 Å². The zero-order chi connectivity index (χ0) is 15.4. The smallest absolute Gasteiger partial charge is 0.0499 e. The summed E-state index contributed by atoms with van der Waals surface area (Å²) in [5.41, 5.74) is 3.80. The second kappa shape index (κ2) is 6.95. The maximum absolute atomic E-state index is 3.46. The molecular weight excluding hydrogens is 336 g/mol. The fourth-order valence-electron chi connectivity index (χ4n) is 2.58. The highest BCUT2D eigenvalue weighted by atomic mass is 79.9. The molecule has 0 aliphatic carbocycles. The van der Waals surface area contributed by atoms with Gasteiger partial charge in [-0.2, -0.15) is 0 Å². The van der Waals surface area contributed by atoms with E-state index in [4.69, 9.17) is 0 Å². The molecule has 22 heavy (non-hydrogen) atoms. The van der Waals surface area contributed by atoms with E-state index in [0.717, 1.165) is 17.6 Å². The molecule has 0 saturated carbocycles. The lowest BCUT2D eigenvalue weighted by Gasteiger charge is -2.15. The third-order valence-corrected chi connectivity index (χ3v) is 4.24. The van der Waals surface area contributed by atoms with Crippen LogP contribution in [0.2, 0.25) is 0 Å². The van der Waals surface area contributed by atoms with Gasteiger partial charge in [-0.3, -0.25) is 4.90 Å². The Balaban J connectivity index is 1.61. The number of benzene rings is 2. The molecule has 3 aromatic rings. The van der Waals surface area contributed by atoms with Crippen molar-refractivity contribution in [3.05, 3.63) is 76.4 Å². The molecule has 0 amide bonds. The Hall–Kier alpha value is -1.84. The average molecular weight is 355 g/mol. The first kappa shape index (κ1) is 15.1. The van der Waals surface area contributed by atoms with Crippen LogP contribution in [0.1, 0.15) is 11.1 Å². The van der Waals surface area contributed by atoms with E-state index in [9.17, 15) is 0 Å². The van der Waals surface area contributed by atoms with Crippen molar-refractivity contribution in [2.75, 3.05) is 13.6 Å². The quantitative estimate of drug-likeness (QED) is 0.677. The van der Waals surface area contributed by atoms with E-state index in [1.54, 1.807) is 0 Å². The van der Waals surface area contributed by atoms with Gasteiger partial charge in [0.05, 0.1) is 0 Å². The van der Waals surface area contributed by atoms with Crippen LogP contribution in [-0.4, -0.2) is 23.5 Å². The standard InChI is InChI=1S/C19H19BrN2/c1-22(13-3-4-15-7-9-18(20)10-8-15)14-17-6-2-5-16-11-12-21-19(16)17/h2-12,21H,13-14H2,1H3/b4-3+. The molecule has 2 aromatic carbocycles. The fraction of sp³-hybridized carbons (Fsp3) is 0.158. The van der Waals surface area contributed by atoms with Crippen molar-refractivity contribution in [3.8, 4) is 0 Å². The number of nitrogens with zero attached hydrogens (tertiary/aromatic N) is 1.